The highest BCUT2D eigenvalue weighted by atomic mass is 32.2. The zero-order chi connectivity index (χ0) is 14.5. The third kappa shape index (κ3) is 2.71. The highest BCUT2D eigenvalue weighted by Crippen LogP contribution is 2.38. The fraction of sp³-hybridized carbons (Fsp3) is 0.923. The smallest absolute Gasteiger partial charge is 0.223 e. The lowest BCUT2D eigenvalue weighted by molar-refractivity contribution is -0.130. The Morgan fingerprint density at radius 2 is 1.80 bits per heavy atom. The third-order valence-electron chi connectivity index (χ3n) is 5.22. The Labute approximate surface area is 120 Å². The van der Waals surface area contributed by atoms with Crippen LogP contribution in [0.3, 0.4) is 0 Å². The minimum atomic E-state index is -3.49. The van der Waals surface area contributed by atoms with Gasteiger partial charge in [-0.15, -0.1) is 0 Å². The maximum absolute atomic E-state index is 12.2. The molecule has 3 unspecified atom stereocenters. The van der Waals surface area contributed by atoms with E-state index in [0.29, 0.717) is 31.1 Å². The van der Waals surface area contributed by atoms with E-state index in [2.05, 4.69) is 11.9 Å². The van der Waals surface area contributed by atoms with Crippen molar-refractivity contribution in [3.8, 4) is 0 Å². The second-order valence-corrected chi connectivity index (χ2v) is 8.28. The maximum Gasteiger partial charge on any atom is 0.223 e. The summed E-state index contributed by atoms with van der Waals surface area (Å²) in [6, 6.07) is 1.47. The summed E-state index contributed by atoms with van der Waals surface area (Å²) in [4.78, 5) is 16.5. The molecule has 3 aliphatic heterocycles. The third-order valence-corrected chi connectivity index (χ3v) is 6.16. The predicted octanol–water partition coefficient (Wildman–Crippen LogP) is -0.251. The Morgan fingerprint density at radius 1 is 1.20 bits per heavy atom. The van der Waals surface area contributed by atoms with E-state index in [-0.39, 0.29) is 17.6 Å². The van der Waals surface area contributed by atoms with Gasteiger partial charge in [-0.2, -0.15) is 0 Å². The van der Waals surface area contributed by atoms with E-state index in [9.17, 15) is 13.2 Å². The molecule has 0 aliphatic carbocycles. The number of sulfonamides is 1. The molecule has 3 heterocycles. The van der Waals surface area contributed by atoms with Crippen molar-refractivity contribution in [1.82, 2.24) is 9.80 Å². The van der Waals surface area contributed by atoms with Crippen molar-refractivity contribution in [2.24, 2.45) is 11.1 Å². The standard InChI is InChI=1S/C13H23N3O3S/c1-15-10-2-3-11(15)6-12(5-10)16-7-9(4-13(16)17)8-20(14,18)19/h9-12H,2-8H2,1H3,(H2,14,18,19). The van der Waals surface area contributed by atoms with Crippen LogP contribution in [0, 0.1) is 5.92 Å². The van der Waals surface area contributed by atoms with Gasteiger partial charge >= 0.3 is 0 Å². The van der Waals surface area contributed by atoms with Crippen molar-refractivity contribution in [1.29, 1.82) is 0 Å². The lowest BCUT2D eigenvalue weighted by atomic mass is 9.97. The average molecular weight is 301 g/mol. The molecule has 0 aromatic carbocycles. The first-order chi connectivity index (χ1) is 9.33. The predicted molar refractivity (Wildman–Crippen MR) is 75.4 cm³/mol. The van der Waals surface area contributed by atoms with Crippen LogP contribution in [0.1, 0.15) is 32.1 Å². The first-order valence-corrected chi connectivity index (χ1v) is 9.07. The van der Waals surface area contributed by atoms with E-state index in [1.54, 1.807) is 0 Å². The molecule has 3 fully saturated rings. The molecule has 0 aromatic rings. The monoisotopic (exact) mass is 301 g/mol. The highest BCUT2D eigenvalue weighted by Gasteiger charge is 2.44. The minimum Gasteiger partial charge on any atom is -0.339 e. The normalized spacial score (nSPS) is 38.7. The van der Waals surface area contributed by atoms with Crippen molar-refractivity contribution in [2.45, 2.75) is 50.2 Å². The van der Waals surface area contributed by atoms with Crippen LogP contribution in [0.25, 0.3) is 0 Å². The summed E-state index contributed by atoms with van der Waals surface area (Å²) in [6.07, 6.45) is 4.83. The van der Waals surface area contributed by atoms with Crippen molar-refractivity contribution >= 4 is 15.9 Å². The number of likely N-dealkylation sites (tertiary alicyclic amines) is 1. The number of amides is 1. The lowest BCUT2D eigenvalue weighted by Gasteiger charge is -2.40. The van der Waals surface area contributed by atoms with Crippen LogP contribution in [-0.4, -0.2) is 61.6 Å². The molecule has 6 nitrogen and oxygen atoms in total. The number of piperidine rings is 1. The van der Waals surface area contributed by atoms with Gasteiger partial charge in [0.2, 0.25) is 15.9 Å². The van der Waals surface area contributed by atoms with Crippen LogP contribution in [0.2, 0.25) is 0 Å². The van der Waals surface area contributed by atoms with Crippen LogP contribution in [0.4, 0.5) is 0 Å². The number of carbonyl (C=O) groups is 1. The first-order valence-electron chi connectivity index (χ1n) is 7.35. The van der Waals surface area contributed by atoms with Crippen molar-refractivity contribution in [3.63, 3.8) is 0 Å². The van der Waals surface area contributed by atoms with Gasteiger partial charge in [0.15, 0.2) is 0 Å². The summed E-state index contributed by atoms with van der Waals surface area (Å²) in [5, 5.41) is 5.09. The van der Waals surface area contributed by atoms with Gasteiger partial charge in [-0.3, -0.25) is 4.79 Å². The molecule has 0 aromatic heterocycles. The van der Waals surface area contributed by atoms with Crippen LogP contribution >= 0.6 is 0 Å². The molecular formula is C13H23N3O3S. The Bertz CT molecular complexity index is 493. The van der Waals surface area contributed by atoms with E-state index in [0.717, 1.165) is 12.8 Å². The Kier molecular flexibility index (Phi) is 3.54. The summed E-state index contributed by atoms with van der Waals surface area (Å²) in [6.45, 7) is 0.559. The molecule has 114 valence electrons. The molecule has 3 saturated heterocycles. The molecule has 0 saturated carbocycles. The Morgan fingerprint density at radius 3 is 2.35 bits per heavy atom. The van der Waals surface area contributed by atoms with E-state index < -0.39 is 10.0 Å². The fourth-order valence-electron chi connectivity index (χ4n) is 4.24. The second kappa shape index (κ2) is 4.96. The molecule has 20 heavy (non-hydrogen) atoms. The average Bonchev–Trinajstić information content (AvgIpc) is 2.74. The van der Waals surface area contributed by atoms with Crippen LogP contribution in [0.15, 0.2) is 0 Å². The second-order valence-electron chi connectivity index (χ2n) is 6.62. The molecule has 3 atom stereocenters. The van der Waals surface area contributed by atoms with E-state index in [1.807, 2.05) is 4.90 Å². The first kappa shape index (κ1) is 14.3. The summed E-state index contributed by atoms with van der Waals surface area (Å²) in [7, 11) is -1.32. The number of fused-ring (bicyclic) bond motifs is 2. The van der Waals surface area contributed by atoms with Crippen molar-refractivity contribution < 1.29 is 13.2 Å². The van der Waals surface area contributed by atoms with Crippen LogP contribution < -0.4 is 5.14 Å². The van der Waals surface area contributed by atoms with Crippen LogP contribution in [0.5, 0.6) is 0 Å². The number of rotatable bonds is 3. The van der Waals surface area contributed by atoms with Crippen molar-refractivity contribution in [2.75, 3.05) is 19.3 Å². The molecule has 1 amide bonds. The maximum atomic E-state index is 12.2. The molecule has 7 heteroatoms. The van der Waals surface area contributed by atoms with Crippen LogP contribution in [-0.2, 0) is 14.8 Å². The van der Waals surface area contributed by atoms with Gasteiger partial charge in [0.1, 0.15) is 0 Å². The zero-order valence-corrected chi connectivity index (χ0v) is 12.7. The van der Waals surface area contributed by atoms with Gasteiger partial charge in [-0.05, 0) is 32.7 Å². The quantitative estimate of drug-likeness (QED) is 0.779. The van der Waals surface area contributed by atoms with Gasteiger partial charge in [0.05, 0.1) is 5.75 Å². The number of carbonyl (C=O) groups excluding carboxylic acids is 1. The largest absolute Gasteiger partial charge is 0.339 e. The van der Waals surface area contributed by atoms with Gasteiger partial charge in [-0.1, -0.05) is 0 Å². The molecule has 2 N–H and O–H groups in total. The van der Waals surface area contributed by atoms with Gasteiger partial charge in [0.25, 0.3) is 0 Å². The Balaban J connectivity index is 1.65. The molecule has 0 radical (unpaired) electrons. The highest BCUT2D eigenvalue weighted by molar-refractivity contribution is 7.89. The summed E-state index contributed by atoms with van der Waals surface area (Å²) in [5.41, 5.74) is 0. The summed E-state index contributed by atoms with van der Waals surface area (Å²) < 4.78 is 22.4. The number of hydrogen-bond donors (Lipinski definition) is 1. The topological polar surface area (TPSA) is 83.7 Å². The van der Waals surface area contributed by atoms with Crippen molar-refractivity contribution in [3.05, 3.63) is 0 Å². The summed E-state index contributed by atoms with van der Waals surface area (Å²) in [5.74, 6) is -0.100. The minimum absolute atomic E-state index is 0.0747. The van der Waals surface area contributed by atoms with Gasteiger partial charge < -0.3 is 9.80 Å². The Hall–Kier alpha value is -0.660. The van der Waals surface area contributed by atoms with Gasteiger partial charge in [0, 0.05) is 37.0 Å². The lowest BCUT2D eigenvalue weighted by Crippen LogP contribution is -2.49. The van der Waals surface area contributed by atoms with E-state index >= 15 is 0 Å². The van der Waals surface area contributed by atoms with E-state index in [4.69, 9.17) is 5.14 Å². The number of nitrogens with two attached hydrogens (primary N) is 1. The fourth-order valence-corrected chi connectivity index (χ4v) is 5.12. The zero-order valence-electron chi connectivity index (χ0n) is 11.9. The number of nitrogens with zero attached hydrogens (tertiary/aromatic N) is 2. The summed E-state index contributed by atoms with van der Waals surface area (Å²) >= 11 is 0. The molecule has 0 spiro atoms. The molecule has 3 aliphatic rings. The molecule has 2 bridgehead atoms. The number of primary sulfonamides is 1. The van der Waals surface area contributed by atoms with Gasteiger partial charge in [-0.25, -0.2) is 13.6 Å². The molecular weight excluding hydrogens is 278 g/mol. The SMILES string of the molecule is CN1C2CCC1CC(N1CC(CS(N)(=O)=O)CC1=O)C2. The van der Waals surface area contributed by atoms with E-state index in [1.165, 1.54) is 12.8 Å². The number of hydrogen-bond acceptors (Lipinski definition) is 4. The molecule has 3 rings (SSSR count).